The molecule has 3 nitrogen and oxygen atoms in total. The van der Waals surface area contributed by atoms with Gasteiger partial charge in [-0.25, -0.2) is 8.42 Å². The van der Waals surface area contributed by atoms with Gasteiger partial charge in [-0.3, -0.25) is 4.79 Å². The second-order valence-electron chi connectivity index (χ2n) is 3.36. The number of hydrogen-bond donors (Lipinski definition) is 1. The second kappa shape index (κ2) is 4.03. The molecule has 1 rings (SSSR count). The van der Waals surface area contributed by atoms with Gasteiger partial charge in [-0.2, -0.15) is 0 Å². The molecule has 69 valence electrons. The van der Waals surface area contributed by atoms with E-state index in [0.29, 0.717) is 12.8 Å². The van der Waals surface area contributed by atoms with Crippen molar-refractivity contribution in [3.63, 3.8) is 0 Å². The van der Waals surface area contributed by atoms with Crippen LogP contribution in [0.4, 0.5) is 0 Å². The van der Waals surface area contributed by atoms with Crippen LogP contribution in [0.3, 0.4) is 0 Å². The van der Waals surface area contributed by atoms with Crippen LogP contribution in [0.2, 0.25) is 0 Å². The fourth-order valence-electron chi connectivity index (χ4n) is 1.77. The first-order valence-corrected chi connectivity index (χ1v) is 5.38. The van der Waals surface area contributed by atoms with Crippen LogP contribution in [-0.4, -0.2) is 19.5 Å². The molecule has 0 spiro atoms. The average Bonchev–Trinajstić information content (AvgIpc) is 2.06. The second-order valence-corrected chi connectivity index (χ2v) is 4.83. The van der Waals surface area contributed by atoms with E-state index in [-0.39, 0.29) is 6.42 Å². The molecule has 0 atom stereocenters. The molecule has 0 bridgehead atoms. The highest BCUT2D eigenvalue weighted by molar-refractivity contribution is 7.74. The molecule has 1 aliphatic rings. The highest BCUT2D eigenvalue weighted by Gasteiger charge is 2.35. The molecular formula is C8H13O3S. The van der Waals surface area contributed by atoms with E-state index in [9.17, 15) is 13.2 Å². The predicted molar refractivity (Wildman–Crippen MR) is 46.4 cm³/mol. The maximum Gasteiger partial charge on any atom is 0.200 e. The molecule has 0 N–H and O–H groups in total. The van der Waals surface area contributed by atoms with Gasteiger partial charge < -0.3 is 0 Å². The Kier molecular flexibility index (Phi) is 3.26. The standard InChI is InChI=1S/C8H13O3S/c9-7-6-8(12(10)11)4-2-1-3-5-8/h12H,1-6H2. The van der Waals surface area contributed by atoms with Crippen molar-refractivity contribution in [3.8, 4) is 0 Å². The minimum absolute atomic E-state index is 0.0612. The summed E-state index contributed by atoms with van der Waals surface area (Å²) in [4.78, 5) is 10.2. The van der Waals surface area contributed by atoms with Crippen LogP contribution < -0.4 is 0 Å². The zero-order valence-corrected chi connectivity index (χ0v) is 7.81. The highest BCUT2D eigenvalue weighted by atomic mass is 32.2. The molecular weight excluding hydrogens is 176 g/mol. The van der Waals surface area contributed by atoms with Crippen LogP contribution in [-0.2, 0) is 15.5 Å². The van der Waals surface area contributed by atoms with E-state index in [2.05, 4.69) is 0 Å². The van der Waals surface area contributed by atoms with E-state index in [0.717, 1.165) is 19.3 Å². The molecule has 0 aromatic rings. The van der Waals surface area contributed by atoms with Gasteiger partial charge in [0, 0.05) is 6.42 Å². The molecule has 0 aromatic carbocycles. The van der Waals surface area contributed by atoms with Gasteiger partial charge in [-0.15, -0.1) is 0 Å². The fourth-order valence-corrected chi connectivity index (χ4v) is 2.64. The predicted octanol–water partition coefficient (Wildman–Crippen LogP) is 0.801. The normalized spacial score (nSPS) is 22.4. The van der Waals surface area contributed by atoms with E-state index < -0.39 is 15.5 Å². The van der Waals surface area contributed by atoms with E-state index >= 15 is 0 Å². The summed E-state index contributed by atoms with van der Waals surface area (Å²) in [7, 11) is -2.47. The van der Waals surface area contributed by atoms with E-state index in [1.54, 1.807) is 6.29 Å². The van der Waals surface area contributed by atoms with Crippen molar-refractivity contribution >= 4 is 17.0 Å². The molecule has 1 fully saturated rings. The zero-order chi connectivity index (χ0) is 9.03. The number of carbonyl (C=O) groups excluding carboxylic acids is 1. The maximum atomic E-state index is 10.9. The van der Waals surface area contributed by atoms with Gasteiger partial charge in [0.15, 0.2) is 6.29 Å². The minimum Gasteiger partial charge on any atom is -0.291 e. The molecule has 4 heteroatoms. The average molecular weight is 189 g/mol. The van der Waals surface area contributed by atoms with Crippen LogP contribution in [0.15, 0.2) is 0 Å². The molecule has 0 aromatic heterocycles. The summed E-state index contributed by atoms with van der Waals surface area (Å²) < 4.78 is 21.1. The quantitative estimate of drug-likeness (QED) is 0.668. The SMILES string of the molecule is O=[C]CC1([SH](=O)=O)CCCCC1. The highest BCUT2D eigenvalue weighted by Crippen LogP contribution is 2.33. The van der Waals surface area contributed by atoms with E-state index in [4.69, 9.17) is 0 Å². The topological polar surface area (TPSA) is 51.2 Å². The summed E-state index contributed by atoms with van der Waals surface area (Å²) in [6, 6.07) is 0. The molecule has 1 saturated carbocycles. The van der Waals surface area contributed by atoms with Crippen molar-refractivity contribution in [2.45, 2.75) is 43.3 Å². The van der Waals surface area contributed by atoms with Gasteiger partial charge in [-0.1, -0.05) is 19.3 Å². The maximum absolute atomic E-state index is 10.9. The lowest BCUT2D eigenvalue weighted by molar-refractivity contribution is 0.381. The molecule has 0 saturated heterocycles. The van der Waals surface area contributed by atoms with Crippen molar-refractivity contribution in [2.24, 2.45) is 0 Å². The third-order valence-electron chi connectivity index (χ3n) is 2.57. The summed E-state index contributed by atoms with van der Waals surface area (Å²) in [5.41, 5.74) is 0. The van der Waals surface area contributed by atoms with Crippen LogP contribution in [0.5, 0.6) is 0 Å². The van der Waals surface area contributed by atoms with Crippen molar-refractivity contribution < 1.29 is 13.2 Å². The number of rotatable bonds is 3. The lowest BCUT2D eigenvalue weighted by Crippen LogP contribution is -2.33. The van der Waals surface area contributed by atoms with Crippen molar-refractivity contribution in [3.05, 3.63) is 0 Å². The lowest BCUT2D eigenvalue weighted by Gasteiger charge is -2.29. The summed E-state index contributed by atoms with van der Waals surface area (Å²) in [6.45, 7) is 0. The molecule has 0 amide bonds. The summed E-state index contributed by atoms with van der Waals surface area (Å²) in [5.74, 6) is 0. The Bertz CT molecular complexity index is 218. The largest absolute Gasteiger partial charge is 0.291 e. The monoisotopic (exact) mass is 189 g/mol. The Balaban J connectivity index is 2.76. The van der Waals surface area contributed by atoms with Gasteiger partial charge >= 0.3 is 0 Å². The van der Waals surface area contributed by atoms with Crippen molar-refractivity contribution in [1.29, 1.82) is 0 Å². The Labute approximate surface area is 74.1 Å². The fraction of sp³-hybridized carbons (Fsp3) is 0.875. The van der Waals surface area contributed by atoms with Crippen LogP contribution in [0.25, 0.3) is 0 Å². The van der Waals surface area contributed by atoms with Crippen molar-refractivity contribution in [1.82, 2.24) is 0 Å². The third-order valence-corrected chi connectivity index (χ3v) is 3.95. The summed E-state index contributed by atoms with van der Waals surface area (Å²) in [5, 5.41) is 0. The van der Waals surface area contributed by atoms with Gasteiger partial charge in [0.2, 0.25) is 0 Å². The number of thiol groups is 1. The first kappa shape index (κ1) is 9.71. The van der Waals surface area contributed by atoms with Gasteiger partial charge in [-0.05, 0) is 12.8 Å². The minimum atomic E-state index is -2.47. The van der Waals surface area contributed by atoms with Gasteiger partial charge in [0.25, 0.3) is 0 Å². The zero-order valence-electron chi connectivity index (χ0n) is 6.91. The molecule has 1 aliphatic carbocycles. The molecule has 0 heterocycles. The lowest BCUT2D eigenvalue weighted by atomic mass is 9.86. The van der Waals surface area contributed by atoms with Gasteiger partial charge in [0.1, 0.15) is 10.7 Å². The Morgan fingerprint density at radius 3 is 2.17 bits per heavy atom. The first-order chi connectivity index (χ1) is 5.71. The summed E-state index contributed by atoms with van der Waals surface area (Å²) in [6.07, 6.45) is 6.00. The third kappa shape index (κ3) is 1.86. The van der Waals surface area contributed by atoms with E-state index in [1.807, 2.05) is 0 Å². The van der Waals surface area contributed by atoms with Gasteiger partial charge in [0.05, 0.1) is 4.75 Å². The Morgan fingerprint density at radius 2 is 1.75 bits per heavy atom. The molecule has 1 radical (unpaired) electrons. The van der Waals surface area contributed by atoms with Crippen LogP contribution in [0.1, 0.15) is 38.5 Å². The summed E-state index contributed by atoms with van der Waals surface area (Å²) >= 11 is 0. The number of hydrogen-bond acceptors (Lipinski definition) is 3. The Hall–Kier alpha value is -0.380. The van der Waals surface area contributed by atoms with E-state index in [1.165, 1.54) is 0 Å². The van der Waals surface area contributed by atoms with Crippen LogP contribution >= 0.6 is 0 Å². The molecule has 12 heavy (non-hydrogen) atoms. The molecule has 0 unspecified atom stereocenters. The van der Waals surface area contributed by atoms with Crippen molar-refractivity contribution in [2.75, 3.05) is 0 Å². The smallest absolute Gasteiger partial charge is 0.200 e. The Morgan fingerprint density at radius 1 is 1.17 bits per heavy atom. The first-order valence-electron chi connectivity index (χ1n) is 4.21. The van der Waals surface area contributed by atoms with Crippen LogP contribution in [0, 0.1) is 0 Å². The molecule has 0 aliphatic heterocycles.